The lowest BCUT2D eigenvalue weighted by Crippen LogP contribution is -2.54. The van der Waals surface area contributed by atoms with Crippen LogP contribution in [0.3, 0.4) is 0 Å². The first-order valence-corrected chi connectivity index (χ1v) is 10.5. The van der Waals surface area contributed by atoms with Gasteiger partial charge >= 0.3 is 6.03 Å². The second-order valence-corrected chi connectivity index (χ2v) is 8.05. The van der Waals surface area contributed by atoms with E-state index in [0.717, 1.165) is 28.1 Å². The minimum Gasteiger partial charge on any atom is -0.462 e. The van der Waals surface area contributed by atoms with Crippen molar-refractivity contribution in [1.82, 2.24) is 15.4 Å². The summed E-state index contributed by atoms with van der Waals surface area (Å²) in [7, 11) is 1.43. The highest BCUT2D eigenvalue weighted by Crippen LogP contribution is 2.39. The number of ether oxygens (including phenoxy) is 2. The number of hydrogen-bond donors (Lipinski definition) is 1. The minimum absolute atomic E-state index is 0.237. The smallest absolute Gasteiger partial charge is 0.341 e. The lowest BCUT2D eigenvalue weighted by Gasteiger charge is -2.43. The van der Waals surface area contributed by atoms with E-state index in [1.165, 1.54) is 17.9 Å². The van der Waals surface area contributed by atoms with Crippen molar-refractivity contribution in [3.63, 3.8) is 0 Å². The van der Waals surface area contributed by atoms with Crippen LogP contribution < -0.4 is 10.2 Å². The lowest BCUT2D eigenvalue weighted by atomic mass is 9.97. The molecule has 0 unspecified atom stereocenters. The van der Waals surface area contributed by atoms with Crippen LogP contribution in [0.25, 0.3) is 21.9 Å². The van der Waals surface area contributed by atoms with Crippen molar-refractivity contribution in [2.24, 2.45) is 0 Å². The number of amides is 2. The van der Waals surface area contributed by atoms with Crippen LogP contribution in [0.1, 0.15) is 24.1 Å². The van der Waals surface area contributed by atoms with Crippen LogP contribution in [0.4, 0.5) is 4.79 Å². The number of aromatic nitrogens is 1. The Morgan fingerprint density at radius 1 is 1.13 bits per heavy atom. The summed E-state index contributed by atoms with van der Waals surface area (Å²) in [6.45, 7) is 3.62. The van der Waals surface area contributed by atoms with Crippen LogP contribution in [-0.4, -0.2) is 41.9 Å². The number of likely N-dealkylation sites (tertiary alicyclic amines) is 1. The summed E-state index contributed by atoms with van der Waals surface area (Å²) in [5, 5.41) is 2.35. The molecule has 31 heavy (non-hydrogen) atoms. The summed E-state index contributed by atoms with van der Waals surface area (Å²) in [5.74, 6) is 0.178. The van der Waals surface area contributed by atoms with Gasteiger partial charge in [0.1, 0.15) is 5.75 Å². The molecule has 7 nitrogen and oxygen atoms in total. The minimum atomic E-state index is -0.675. The monoisotopic (exact) mass is 419 g/mol. The van der Waals surface area contributed by atoms with Gasteiger partial charge in [0.2, 0.25) is 5.79 Å². The fourth-order valence-electron chi connectivity index (χ4n) is 4.37. The van der Waals surface area contributed by atoms with Gasteiger partial charge in [0.05, 0.1) is 13.7 Å². The third kappa shape index (κ3) is 3.71. The summed E-state index contributed by atoms with van der Waals surface area (Å²) in [4.78, 5) is 22.7. The Kier molecular flexibility index (Phi) is 5.00. The molecular weight excluding hydrogens is 394 g/mol. The maximum Gasteiger partial charge on any atom is 0.341 e. The molecule has 0 bridgehead atoms. The van der Waals surface area contributed by atoms with Crippen molar-refractivity contribution >= 4 is 16.8 Å². The van der Waals surface area contributed by atoms with Gasteiger partial charge in [0.15, 0.2) is 0 Å². The van der Waals surface area contributed by atoms with E-state index in [-0.39, 0.29) is 6.03 Å². The number of pyridine rings is 1. The molecular formula is C24H25N3O4. The Labute approximate surface area is 180 Å². The summed E-state index contributed by atoms with van der Waals surface area (Å²) in [5.41, 5.74) is 6.71. The third-order valence-corrected chi connectivity index (χ3v) is 6.15. The molecule has 3 aromatic rings. The van der Waals surface area contributed by atoms with Gasteiger partial charge in [-0.1, -0.05) is 18.2 Å². The number of rotatable bonds is 2. The molecule has 2 amide bonds. The van der Waals surface area contributed by atoms with E-state index < -0.39 is 5.79 Å². The van der Waals surface area contributed by atoms with Crippen molar-refractivity contribution in [1.29, 1.82) is 0 Å². The fourth-order valence-corrected chi connectivity index (χ4v) is 4.37. The second kappa shape index (κ2) is 7.83. The van der Waals surface area contributed by atoms with Crippen LogP contribution in [0.5, 0.6) is 5.75 Å². The molecule has 0 radical (unpaired) electrons. The number of nitrogens with zero attached hydrogens (tertiary/aromatic N) is 2. The van der Waals surface area contributed by atoms with Crippen molar-refractivity contribution in [3.05, 3.63) is 59.9 Å². The molecule has 2 aromatic carbocycles. The number of benzene rings is 2. The normalized spacial score (nSPS) is 17.3. The fraction of sp³-hybridized carbons (Fsp3) is 0.333. The first kappa shape index (κ1) is 19.8. The van der Waals surface area contributed by atoms with Crippen LogP contribution in [0.2, 0.25) is 0 Å². The van der Waals surface area contributed by atoms with Gasteiger partial charge in [-0.05, 0) is 47.7 Å². The van der Waals surface area contributed by atoms with Crippen molar-refractivity contribution in [3.8, 4) is 16.9 Å². The lowest BCUT2D eigenvalue weighted by molar-refractivity contribution is -0.225. The second-order valence-electron chi connectivity index (χ2n) is 8.05. The molecule has 1 aromatic heterocycles. The standard InChI is InChI=1S/C24H25N3O4/c1-16-21-5-3-17(13-19(21)7-10-25-16)18-4-6-22-20(14-18)15-30-24(31-22)8-11-27(12-9-24)23(28)26-29-2/h3-7,10,13-14H,8-9,11-12,15H2,1-2H3,(H,26,28). The predicted octanol–water partition coefficient (Wildman–Crippen LogP) is 4.18. The molecule has 7 heteroatoms. The maximum atomic E-state index is 11.9. The van der Waals surface area contributed by atoms with Gasteiger partial charge < -0.3 is 14.4 Å². The summed E-state index contributed by atoms with van der Waals surface area (Å²) in [6, 6.07) is 14.5. The zero-order valence-electron chi connectivity index (χ0n) is 17.7. The molecule has 3 heterocycles. The van der Waals surface area contributed by atoms with Gasteiger partial charge in [0.25, 0.3) is 0 Å². The van der Waals surface area contributed by atoms with Crippen LogP contribution in [0, 0.1) is 6.92 Å². The number of hydroxylamine groups is 1. The van der Waals surface area contributed by atoms with E-state index >= 15 is 0 Å². The molecule has 2 aliphatic rings. The average Bonchev–Trinajstić information content (AvgIpc) is 2.79. The van der Waals surface area contributed by atoms with Crippen molar-refractivity contribution in [2.75, 3.05) is 20.2 Å². The molecule has 0 aliphatic carbocycles. The van der Waals surface area contributed by atoms with Gasteiger partial charge in [0, 0.05) is 48.8 Å². The Bertz CT molecular complexity index is 1140. The number of carbonyl (C=O) groups is 1. The number of carbonyl (C=O) groups excluding carboxylic acids is 1. The largest absolute Gasteiger partial charge is 0.462 e. The van der Waals surface area contributed by atoms with Crippen molar-refractivity contribution in [2.45, 2.75) is 32.2 Å². The number of aryl methyl sites for hydroxylation is 1. The number of fused-ring (bicyclic) bond motifs is 2. The molecule has 5 rings (SSSR count). The Morgan fingerprint density at radius 2 is 1.90 bits per heavy atom. The highest BCUT2D eigenvalue weighted by Gasteiger charge is 2.42. The number of nitrogens with one attached hydrogen (secondary N) is 1. The van der Waals surface area contributed by atoms with E-state index in [9.17, 15) is 4.79 Å². The molecule has 1 saturated heterocycles. The maximum absolute atomic E-state index is 11.9. The SMILES string of the molecule is CONC(=O)N1CCC2(CC1)OCc1cc(-c3ccc4c(C)nccc4c3)ccc1O2. The van der Waals surface area contributed by atoms with Gasteiger partial charge in [-0.3, -0.25) is 9.82 Å². The highest BCUT2D eigenvalue weighted by molar-refractivity contribution is 5.88. The first-order chi connectivity index (χ1) is 15.1. The predicted molar refractivity (Wildman–Crippen MR) is 116 cm³/mol. The molecule has 160 valence electrons. The van der Waals surface area contributed by atoms with Crippen LogP contribution >= 0.6 is 0 Å². The number of piperidine rings is 1. The Morgan fingerprint density at radius 3 is 2.71 bits per heavy atom. The zero-order valence-corrected chi connectivity index (χ0v) is 17.7. The van der Waals surface area contributed by atoms with Crippen molar-refractivity contribution < 1.29 is 19.1 Å². The van der Waals surface area contributed by atoms with Gasteiger partial charge in [-0.25, -0.2) is 10.3 Å². The third-order valence-electron chi connectivity index (χ3n) is 6.15. The molecule has 2 aliphatic heterocycles. The molecule has 0 saturated carbocycles. The summed E-state index contributed by atoms with van der Waals surface area (Å²) in [6.07, 6.45) is 3.08. The summed E-state index contributed by atoms with van der Waals surface area (Å²) >= 11 is 0. The zero-order chi connectivity index (χ0) is 21.4. The molecule has 1 spiro atoms. The van der Waals surface area contributed by atoms with E-state index in [0.29, 0.717) is 32.5 Å². The average molecular weight is 419 g/mol. The molecule has 1 N–H and O–H groups in total. The Hall–Kier alpha value is -3.16. The topological polar surface area (TPSA) is 72.9 Å². The number of urea groups is 1. The molecule has 0 atom stereocenters. The summed E-state index contributed by atoms with van der Waals surface area (Å²) < 4.78 is 12.5. The quantitative estimate of drug-likeness (QED) is 0.631. The van der Waals surface area contributed by atoms with E-state index in [2.05, 4.69) is 40.8 Å². The number of hydrogen-bond acceptors (Lipinski definition) is 5. The van der Waals surface area contributed by atoms with Gasteiger partial charge in [-0.2, -0.15) is 0 Å². The van der Waals surface area contributed by atoms with E-state index in [1.807, 2.05) is 25.3 Å². The van der Waals surface area contributed by atoms with Gasteiger partial charge in [-0.15, -0.1) is 0 Å². The van der Waals surface area contributed by atoms with E-state index in [1.54, 1.807) is 4.90 Å². The van der Waals surface area contributed by atoms with Crippen LogP contribution in [-0.2, 0) is 16.2 Å². The molecule has 1 fully saturated rings. The van der Waals surface area contributed by atoms with E-state index in [4.69, 9.17) is 14.3 Å². The first-order valence-electron chi connectivity index (χ1n) is 10.5. The Balaban J connectivity index is 1.34. The van der Waals surface area contributed by atoms with Crippen LogP contribution in [0.15, 0.2) is 48.7 Å². The highest BCUT2D eigenvalue weighted by atomic mass is 16.7.